The van der Waals surface area contributed by atoms with Gasteiger partial charge in [0.05, 0.1) is 11.3 Å². The lowest BCUT2D eigenvalue weighted by molar-refractivity contribution is -0.150. The summed E-state index contributed by atoms with van der Waals surface area (Å²) in [6, 6.07) is -0.739. The first-order chi connectivity index (χ1) is 16.1. The number of amides is 1. The highest BCUT2D eigenvalue weighted by atomic mass is 16.6. The number of aliphatic carboxylic acids is 1. The fourth-order valence-corrected chi connectivity index (χ4v) is 8.46. The molecule has 1 heterocycles. The summed E-state index contributed by atoms with van der Waals surface area (Å²) < 4.78 is 0. The molecule has 0 bridgehead atoms. The first-order valence-corrected chi connectivity index (χ1v) is 13.2. The molecular weight excluding hydrogens is 432 g/mol. The topological polar surface area (TPSA) is 99.4 Å². The molecule has 0 spiro atoms. The van der Waals surface area contributed by atoms with Crippen molar-refractivity contribution in [1.82, 2.24) is 4.90 Å². The lowest BCUT2D eigenvalue weighted by Crippen LogP contribution is -2.53. The van der Waals surface area contributed by atoms with E-state index in [9.17, 15) is 19.8 Å². The minimum atomic E-state index is -0.951. The summed E-state index contributed by atoms with van der Waals surface area (Å²) in [4.78, 5) is 30.6. The smallest absolute Gasteiger partial charge is 0.326 e. The molecule has 0 aromatic carbocycles. The van der Waals surface area contributed by atoms with Crippen LogP contribution >= 0.6 is 0 Å². The maximum absolute atomic E-state index is 12.4. The highest BCUT2D eigenvalue weighted by molar-refractivity contribution is 5.96. The van der Waals surface area contributed by atoms with E-state index in [1.54, 1.807) is 0 Å². The molecule has 4 aliphatic carbocycles. The Kier molecular flexibility index (Phi) is 5.85. The number of hydrogen-bond donors (Lipinski definition) is 2. The van der Waals surface area contributed by atoms with Gasteiger partial charge in [-0.05, 0) is 106 Å². The van der Waals surface area contributed by atoms with Crippen molar-refractivity contribution in [3.63, 3.8) is 0 Å². The number of hydrogen-bond acceptors (Lipinski definition) is 5. The van der Waals surface area contributed by atoms with Crippen molar-refractivity contribution in [2.75, 3.05) is 13.2 Å². The number of likely N-dealkylation sites (tertiary alicyclic amines) is 1. The average Bonchev–Trinajstić information content (AvgIpc) is 3.37. The molecular formula is C27H40N2O5. The fourth-order valence-electron chi connectivity index (χ4n) is 8.46. The van der Waals surface area contributed by atoms with E-state index in [1.165, 1.54) is 23.3 Å². The van der Waals surface area contributed by atoms with Crippen LogP contribution in [0.3, 0.4) is 0 Å². The molecule has 7 heteroatoms. The maximum atomic E-state index is 12.4. The molecule has 5 rings (SSSR count). The van der Waals surface area contributed by atoms with Gasteiger partial charge in [-0.15, -0.1) is 0 Å². The molecule has 0 aromatic heterocycles. The Labute approximate surface area is 202 Å². The molecule has 2 N–H and O–H groups in total. The molecule has 3 unspecified atom stereocenters. The molecule has 7 atom stereocenters. The lowest BCUT2D eigenvalue weighted by atomic mass is 9.46. The Hall–Kier alpha value is -1.89. The second kappa shape index (κ2) is 8.35. The predicted molar refractivity (Wildman–Crippen MR) is 128 cm³/mol. The van der Waals surface area contributed by atoms with Crippen LogP contribution in [0.1, 0.15) is 85.0 Å². The second-order valence-electron chi connectivity index (χ2n) is 12.2. The number of carboxylic acids is 1. The zero-order valence-electron chi connectivity index (χ0n) is 20.9. The van der Waals surface area contributed by atoms with Crippen molar-refractivity contribution in [3.05, 3.63) is 11.6 Å². The van der Waals surface area contributed by atoms with Crippen molar-refractivity contribution in [3.8, 4) is 0 Å². The first kappa shape index (κ1) is 23.8. The van der Waals surface area contributed by atoms with Crippen LogP contribution in [0.5, 0.6) is 0 Å². The third-order valence-electron chi connectivity index (χ3n) is 10.8. The summed E-state index contributed by atoms with van der Waals surface area (Å²) >= 11 is 0. The van der Waals surface area contributed by atoms with Crippen LogP contribution in [0.2, 0.25) is 0 Å². The van der Waals surface area contributed by atoms with E-state index in [1.807, 2.05) is 0 Å². The number of aliphatic hydroxyl groups is 1. The summed E-state index contributed by atoms with van der Waals surface area (Å²) in [5.41, 5.74) is 2.03. The Balaban J connectivity index is 1.25. The Morgan fingerprint density at radius 2 is 1.85 bits per heavy atom. The van der Waals surface area contributed by atoms with Gasteiger partial charge in [0.25, 0.3) is 5.91 Å². The highest BCUT2D eigenvalue weighted by Gasteiger charge is 2.62. The molecule has 4 fully saturated rings. The molecule has 0 radical (unpaired) electrons. The summed E-state index contributed by atoms with van der Waals surface area (Å²) in [6.07, 6.45) is 11.9. The van der Waals surface area contributed by atoms with Crippen molar-refractivity contribution in [2.24, 2.45) is 33.7 Å². The third-order valence-corrected chi connectivity index (χ3v) is 10.8. The summed E-state index contributed by atoms with van der Waals surface area (Å²) in [7, 11) is 0. The zero-order chi connectivity index (χ0) is 24.3. The van der Waals surface area contributed by atoms with E-state index in [2.05, 4.69) is 32.0 Å². The fraction of sp³-hybridized carbons (Fsp3) is 0.815. The van der Waals surface area contributed by atoms with Crippen LogP contribution in [0.25, 0.3) is 0 Å². The molecule has 0 aromatic rings. The number of allylic oxidation sites excluding steroid dienone is 2. The lowest BCUT2D eigenvalue weighted by Gasteiger charge is -2.59. The predicted octanol–water partition coefficient (Wildman–Crippen LogP) is 4.15. The van der Waals surface area contributed by atoms with Gasteiger partial charge >= 0.3 is 5.97 Å². The largest absolute Gasteiger partial charge is 0.480 e. The SMILES string of the molecule is C[C@]12CC/C(=N\OCC(=O)N3CCCC3C(=O)O)C=C1CC[C@@H]1C2CC[C@@]2(C)C1CC[C@]2(C)O. The molecule has 1 aliphatic heterocycles. The number of oxime groups is 1. The third kappa shape index (κ3) is 3.61. The van der Waals surface area contributed by atoms with Crippen LogP contribution in [-0.2, 0) is 14.4 Å². The quantitative estimate of drug-likeness (QED) is 0.599. The maximum Gasteiger partial charge on any atom is 0.326 e. The Bertz CT molecular complexity index is 926. The standard InChI is InChI=1S/C27H40N2O5/c1-25-11-8-18(28-34-16-23(30)29-14-4-5-22(29)24(31)32)15-17(25)6-7-19-20(25)9-12-26(2)21(19)10-13-27(26,3)33/h15,19-22,33H,4-14,16H2,1-3H3,(H,31,32)/b28-18+/t19-,20?,21?,22?,25+,26+,27+/m1/s1. The van der Waals surface area contributed by atoms with Gasteiger partial charge in [0.1, 0.15) is 6.04 Å². The van der Waals surface area contributed by atoms with Crippen molar-refractivity contribution < 1.29 is 24.6 Å². The summed E-state index contributed by atoms with van der Waals surface area (Å²) in [5, 5.41) is 24.7. The zero-order valence-corrected chi connectivity index (χ0v) is 20.9. The van der Waals surface area contributed by atoms with Gasteiger partial charge in [0.15, 0.2) is 6.61 Å². The molecule has 34 heavy (non-hydrogen) atoms. The van der Waals surface area contributed by atoms with Gasteiger partial charge in [-0.2, -0.15) is 0 Å². The van der Waals surface area contributed by atoms with Crippen molar-refractivity contribution in [1.29, 1.82) is 0 Å². The van der Waals surface area contributed by atoms with E-state index in [0.717, 1.165) is 44.2 Å². The van der Waals surface area contributed by atoms with Gasteiger partial charge in [-0.25, -0.2) is 4.79 Å². The minimum Gasteiger partial charge on any atom is -0.480 e. The van der Waals surface area contributed by atoms with Crippen molar-refractivity contribution in [2.45, 2.75) is 96.6 Å². The van der Waals surface area contributed by atoms with Crippen molar-refractivity contribution >= 4 is 17.6 Å². The van der Waals surface area contributed by atoms with E-state index >= 15 is 0 Å². The van der Waals surface area contributed by atoms with E-state index < -0.39 is 17.6 Å². The van der Waals surface area contributed by atoms with Gasteiger partial charge in [0.2, 0.25) is 0 Å². The number of carbonyl (C=O) groups excluding carboxylic acids is 1. The monoisotopic (exact) mass is 472 g/mol. The summed E-state index contributed by atoms with van der Waals surface area (Å²) in [6.45, 7) is 7.09. The number of carboxylic acid groups (broad SMARTS) is 1. The van der Waals surface area contributed by atoms with Gasteiger partial charge in [-0.3, -0.25) is 4.79 Å². The van der Waals surface area contributed by atoms with Gasteiger partial charge < -0.3 is 20.0 Å². The number of rotatable bonds is 4. The molecule has 3 saturated carbocycles. The van der Waals surface area contributed by atoms with Gasteiger partial charge in [-0.1, -0.05) is 24.6 Å². The Morgan fingerprint density at radius 1 is 1.09 bits per heavy atom. The normalized spacial score (nSPS) is 44.8. The first-order valence-electron chi connectivity index (χ1n) is 13.2. The van der Waals surface area contributed by atoms with Crippen LogP contribution in [0, 0.1) is 28.6 Å². The minimum absolute atomic E-state index is 0.0440. The second-order valence-corrected chi connectivity index (χ2v) is 12.2. The molecule has 188 valence electrons. The van der Waals surface area contributed by atoms with Gasteiger partial charge in [0, 0.05) is 6.54 Å². The molecule has 7 nitrogen and oxygen atoms in total. The number of nitrogens with zero attached hydrogens (tertiary/aromatic N) is 2. The number of fused-ring (bicyclic) bond motifs is 5. The highest BCUT2D eigenvalue weighted by Crippen LogP contribution is 2.67. The number of carbonyl (C=O) groups is 2. The van der Waals surface area contributed by atoms with Crippen LogP contribution in [0.4, 0.5) is 0 Å². The van der Waals surface area contributed by atoms with E-state index in [-0.39, 0.29) is 23.3 Å². The van der Waals surface area contributed by atoms with Crippen LogP contribution in [0.15, 0.2) is 16.8 Å². The van der Waals surface area contributed by atoms with E-state index in [0.29, 0.717) is 37.1 Å². The summed E-state index contributed by atoms with van der Waals surface area (Å²) in [5.74, 6) is 0.704. The van der Waals surface area contributed by atoms with Crippen LogP contribution < -0.4 is 0 Å². The molecule has 1 saturated heterocycles. The van der Waals surface area contributed by atoms with E-state index in [4.69, 9.17) is 4.84 Å². The molecule has 1 amide bonds. The average molecular weight is 473 g/mol. The Morgan fingerprint density at radius 3 is 2.62 bits per heavy atom. The van der Waals surface area contributed by atoms with Crippen LogP contribution in [-0.4, -0.2) is 57.5 Å². The molecule has 5 aliphatic rings.